The van der Waals surface area contributed by atoms with Crippen molar-refractivity contribution in [3.05, 3.63) is 17.5 Å². The lowest BCUT2D eigenvalue weighted by atomic mass is 10.2. The lowest BCUT2D eigenvalue weighted by molar-refractivity contribution is 0.637. The first-order chi connectivity index (χ1) is 7.70. The van der Waals surface area contributed by atoms with Crippen LogP contribution >= 0.6 is 0 Å². The quantitative estimate of drug-likeness (QED) is 0.759. The summed E-state index contributed by atoms with van der Waals surface area (Å²) >= 11 is 0. The van der Waals surface area contributed by atoms with Gasteiger partial charge in [-0.05, 0) is 25.8 Å². The molecule has 0 aromatic carbocycles. The van der Waals surface area contributed by atoms with Gasteiger partial charge in [-0.15, -0.1) is 0 Å². The zero-order valence-electron chi connectivity index (χ0n) is 9.77. The van der Waals surface area contributed by atoms with Crippen LogP contribution in [0.3, 0.4) is 0 Å². The van der Waals surface area contributed by atoms with Gasteiger partial charge in [0.25, 0.3) is 0 Å². The largest absolute Gasteiger partial charge is 0.341 e. The summed E-state index contributed by atoms with van der Waals surface area (Å²) in [5.74, 6) is 0.684. The molecule has 0 amide bonds. The van der Waals surface area contributed by atoms with Gasteiger partial charge in [0, 0.05) is 18.8 Å². The number of rotatable bonds is 2. The molecular weight excluding hydrogens is 200 g/mol. The third-order valence-corrected chi connectivity index (χ3v) is 3.14. The maximum absolute atomic E-state index is 8.87. The molecule has 1 fully saturated rings. The van der Waals surface area contributed by atoms with E-state index in [9.17, 15) is 0 Å². The molecule has 0 radical (unpaired) electrons. The molecule has 1 aromatic rings. The number of aryl methyl sites for hydroxylation is 1. The third kappa shape index (κ3) is 2.13. The van der Waals surface area contributed by atoms with Crippen molar-refractivity contribution in [3.63, 3.8) is 0 Å². The summed E-state index contributed by atoms with van der Waals surface area (Å²) in [6.07, 6.45) is 4.98. The summed E-state index contributed by atoms with van der Waals surface area (Å²) < 4.78 is 0. The monoisotopic (exact) mass is 216 g/mol. The van der Waals surface area contributed by atoms with E-state index in [0.29, 0.717) is 17.7 Å². The molecule has 1 aliphatic rings. The highest BCUT2D eigenvalue weighted by Gasteiger charge is 2.21. The molecule has 0 N–H and O–H groups in total. The number of hydrogen-bond acceptors (Lipinski definition) is 4. The highest BCUT2D eigenvalue weighted by atomic mass is 15.3. The fourth-order valence-corrected chi connectivity index (χ4v) is 2.22. The summed E-state index contributed by atoms with van der Waals surface area (Å²) in [5.41, 5.74) is 1.30. The second kappa shape index (κ2) is 4.48. The van der Waals surface area contributed by atoms with Crippen molar-refractivity contribution < 1.29 is 0 Å². The summed E-state index contributed by atoms with van der Waals surface area (Å²) in [6, 6.07) is 4.33. The van der Waals surface area contributed by atoms with Crippen molar-refractivity contribution >= 4 is 5.95 Å². The fraction of sp³-hybridized carbons (Fsp3) is 0.583. The van der Waals surface area contributed by atoms with Crippen molar-refractivity contribution in [1.82, 2.24) is 9.97 Å². The highest BCUT2D eigenvalue weighted by molar-refractivity contribution is 5.36. The van der Waals surface area contributed by atoms with E-state index in [1.54, 1.807) is 6.07 Å². The lowest BCUT2D eigenvalue weighted by Gasteiger charge is -2.24. The molecule has 1 aliphatic carbocycles. The van der Waals surface area contributed by atoms with Gasteiger partial charge in [0.05, 0.1) is 0 Å². The van der Waals surface area contributed by atoms with Gasteiger partial charge >= 0.3 is 0 Å². The van der Waals surface area contributed by atoms with E-state index in [2.05, 4.69) is 20.9 Å². The molecule has 2 rings (SSSR count). The minimum atomic E-state index is 0.451. The summed E-state index contributed by atoms with van der Waals surface area (Å²) in [7, 11) is 2.02. The summed E-state index contributed by atoms with van der Waals surface area (Å²) in [5, 5.41) is 8.87. The Morgan fingerprint density at radius 3 is 2.69 bits per heavy atom. The minimum Gasteiger partial charge on any atom is -0.341 e. The SMILES string of the molecule is Cc1cc(C#N)nc(N(C)C2CCCC2)n1. The first-order valence-electron chi connectivity index (χ1n) is 5.69. The van der Waals surface area contributed by atoms with Crippen molar-refractivity contribution in [3.8, 4) is 6.07 Å². The molecular formula is C12H16N4. The van der Waals surface area contributed by atoms with Gasteiger partial charge in [-0.3, -0.25) is 0 Å². The molecule has 0 spiro atoms. The van der Waals surface area contributed by atoms with Crippen molar-refractivity contribution in [1.29, 1.82) is 5.26 Å². The Balaban J connectivity index is 2.25. The Labute approximate surface area is 95.9 Å². The Hall–Kier alpha value is -1.63. The smallest absolute Gasteiger partial charge is 0.226 e. The predicted octanol–water partition coefficient (Wildman–Crippen LogP) is 2.04. The highest BCUT2D eigenvalue weighted by Crippen LogP contribution is 2.25. The molecule has 4 nitrogen and oxygen atoms in total. The van der Waals surface area contributed by atoms with Crippen molar-refractivity contribution in [2.45, 2.75) is 38.6 Å². The van der Waals surface area contributed by atoms with Gasteiger partial charge in [-0.2, -0.15) is 5.26 Å². The second-order valence-electron chi connectivity index (χ2n) is 4.36. The number of nitriles is 1. The van der Waals surface area contributed by atoms with Gasteiger partial charge in [-0.25, -0.2) is 9.97 Å². The molecule has 84 valence electrons. The Kier molecular flexibility index (Phi) is 3.04. The predicted molar refractivity (Wildman–Crippen MR) is 62.1 cm³/mol. The number of aromatic nitrogens is 2. The van der Waals surface area contributed by atoms with Crippen LogP contribution in [-0.4, -0.2) is 23.1 Å². The number of nitrogens with zero attached hydrogens (tertiary/aromatic N) is 4. The van der Waals surface area contributed by atoms with Crippen molar-refractivity contribution in [2.75, 3.05) is 11.9 Å². The minimum absolute atomic E-state index is 0.451. The van der Waals surface area contributed by atoms with E-state index < -0.39 is 0 Å². The van der Waals surface area contributed by atoms with Crippen LogP contribution in [0.5, 0.6) is 0 Å². The van der Waals surface area contributed by atoms with Crippen LogP contribution in [0.1, 0.15) is 37.1 Å². The zero-order chi connectivity index (χ0) is 11.5. The maximum atomic E-state index is 8.87. The van der Waals surface area contributed by atoms with Gasteiger partial charge in [0.2, 0.25) is 5.95 Å². The zero-order valence-corrected chi connectivity index (χ0v) is 9.77. The molecule has 1 aromatic heterocycles. The Bertz CT molecular complexity index is 416. The maximum Gasteiger partial charge on any atom is 0.226 e. The van der Waals surface area contributed by atoms with E-state index in [4.69, 9.17) is 5.26 Å². The van der Waals surface area contributed by atoms with Crippen LogP contribution in [-0.2, 0) is 0 Å². The third-order valence-electron chi connectivity index (χ3n) is 3.14. The molecule has 1 saturated carbocycles. The average molecular weight is 216 g/mol. The van der Waals surface area contributed by atoms with E-state index in [1.165, 1.54) is 25.7 Å². The topological polar surface area (TPSA) is 52.8 Å². The molecule has 0 unspecified atom stereocenters. The summed E-state index contributed by atoms with van der Waals surface area (Å²) in [6.45, 7) is 1.90. The molecule has 4 heteroatoms. The molecule has 0 saturated heterocycles. The fourth-order valence-electron chi connectivity index (χ4n) is 2.22. The summed E-state index contributed by atoms with van der Waals surface area (Å²) in [4.78, 5) is 10.8. The van der Waals surface area contributed by atoms with Gasteiger partial charge in [-0.1, -0.05) is 12.8 Å². The number of anilines is 1. The van der Waals surface area contributed by atoms with Crippen LogP contribution in [0.25, 0.3) is 0 Å². The van der Waals surface area contributed by atoms with Gasteiger partial charge in [0.15, 0.2) is 0 Å². The Morgan fingerprint density at radius 1 is 1.38 bits per heavy atom. The van der Waals surface area contributed by atoms with Crippen LogP contribution in [0.2, 0.25) is 0 Å². The van der Waals surface area contributed by atoms with E-state index >= 15 is 0 Å². The van der Waals surface area contributed by atoms with E-state index in [-0.39, 0.29) is 0 Å². The molecule has 0 bridgehead atoms. The molecule has 16 heavy (non-hydrogen) atoms. The van der Waals surface area contributed by atoms with E-state index in [0.717, 1.165) is 5.69 Å². The molecule has 0 atom stereocenters. The lowest BCUT2D eigenvalue weighted by Crippen LogP contribution is -2.30. The van der Waals surface area contributed by atoms with Crippen molar-refractivity contribution in [2.24, 2.45) is 0 Å². The van der Waals surface area contributed by atoms with Gasteiger partial charge < -0.3 is 4.90 Å². The first kappa shape index (κ1) is 10.9. The van der Waals surface area contributed by atoms with Crippen LogP contribution in [0.4, 0.5) is 5.95 Å². The Morgan fingerprint density at radius 2 is 2.06 bits per heavy atom. The molecule has 1 heterocycles. The van der Waals surface area contributed by atoms with Crippen LogP contribution in [0.15, 0.2) is 6.07 Å². The molecule has 0 aliphatic heterocycles. The van der Waals surface area contributed by atoms with Crippen LogP contribution < -0.4 is 4.90 Å². The standard InChI is InChI=1S/C12H16N4/c1-9-7-10(8-13)15-12(14-9)16(2)11-5-3-4-6-11/h7,11H,3-6H2,1-2H3. The van der Waals surface area contributed by atoms with Crippen LogP contribution in [0, 0.1) is 18.3 Å². The second-order valence-corrected chi connectivity index (χ2v) is 4.36. The number of hydrogen-bond donors (Lipinski definition) is 0. The average Bonchev–Trinajstić information content (AvgIpc) is 2.80. The van der Waals surface area contributed by atoms with Gasteiger partial charge in [0.1, 0.15) is 11.8 Å². The first-order valence-corrected chi connectivity index (χ1v) is 5.69. The van der Waals surface area contributed by atoms with E-state index in [1.807, 2.05) is 14.0 Å². The normalized spacial score (nSPS) is 16.1.